The number of nitrogens with zero attached hydrogens (tertiary/aromatic N) is 2. The van der Waals surface area contributed by atoms with Crippen molar-refractivity contribution in [1.29, 1.82) is 0 Å². The molecule has 2 aromatic rings. The molecule has 0 bridgehead atoms. The summed E-state index contributed by atoms with van der Waals surface area (Å²) in [6.45, 7) is 6.81. The highest BCUT2D eigenvalue weighted by Crippen LogP contribution is 2.35. The lowest BCUT2D eigenvalue weighted by Crippen LogP contribution is -2.11. The number of ether oxygens (including phenoxy) is 2. The minimum absolute atomic E-state index is 0.0546. The second-order valence-electron chi connectivity index (χ2n) is 7.19. The number of rotatable bonds is 9. The molecule has 1 aliphatic carbocycles. The summed E-state index contributed by atoms with van der Waals surface area (Å²) in [6.07, 6.45) is 6.92. The van der Waals surface area contributed by atoms with E-state index < -0.39 is 0 Å². The van der Waals surface area contributed by atoms with E-state index in [4.69, 9.17) is 25.6 Å². The lowest BCUT2D eigenvalue weighted by atomic mass is 9.88. The van der Waals surface area contributed by atoms with Gasteiger partial charge in [0.05, 0.1) is 23.5 Å². The Labute approximate surface area is 185 Å². The quantitative estimate of drug-likeness (QED) is 0.295. The topological polar surface area (TPSA) is 57.4 Å². The van der Waals surface area contributed by atoms with Crippen molar-refractivity contribution in [1.82, 2.24) is 10.1 Å². The minimum Gasteiger partial charge on any atom is -0.498 e. The first-order chi connectivity index (χ1) is 14.0. The summed E-state index contributed by atoms with van der Waals surface area (Å²) in [5.41, 5.74) is 1.84. The van der Waals surface area contributed by atoms with Gasteiger partial charge in [-0.1, -0.05) is 45.7 Å². The third-order valence-corrected chi connectivity index (χ3v) is 5.48. The third-order valence-electron chi connectivity index (χ3n) is 4.62. The Kier molecular flexibility index (Phi) is 7.78. The molecule has 0 saturated heterocycles. The van der Waals surface area contributed by atoms with Gasteiger partial charge in [0.25, 0.3) is 5.89 Å². The number of hydrogen-bond donors (Lipinski definition) is 0. The molecule has 1 atom stereocenters. The molecule has 3 rings (SSSR count). The van der Waals surface area contributed by atoms with Gasteiger partial charge in [-0.25, -0.2) is 0 Å². The second-order valence-corrected chi connectivity index (χ2v) is 8.39. The first-order valence-electron chi connectivity index (χ1n) is 9.92. The van der Waals surface area contributed by atoms with Gasteiger partial charge in [0, 0.05) is 22.9 Å². The Hall–Kier alpha value is -1.79. The molecule has 1 aliphatic rings. The maximum atomic E-state index is 6.34. The number of hydrogen-bond acceptors (Lipinski definition) is 5. The number of halogens is 2. The monoisotopic (exact) mass is 480 g/mol. The van der Waals surface area contributed by atoms with Crippen LogP contribution in [0.5, 0.6) is 5.75 Å². The van der Waals surface area contributed by atoms with E-state index >= 15 is 0 Å². The lowest BCUT2D eigenvalue weighted by molar-refractivity contribution is 0.196. The van der Waals surface area contributed by atoms with Crippen LogP contribution in [0.2, 0.25) is 5.02 Å². The molecule has 7 heteroatoms. The van der Waals surface area contributed by atoms with Crippen LogP contribution in [0.1, 0.15) is 45.9 Å². The number of aromatic nitrogens is 2. The molecule has 29 heavy (non-hydrogen) atoms. The average molecular weight is 482 g/mol. The molecule has 1 aromatic carbocycles. The molecule has 156 valence electrons. The Morgan fingerprint density at radius 1 is 1.31 bits per heavy atom. The van der Waals surface area contributed by atoms with Crippen LogP contribution >= 0.6 is 27.5 Å². The summed E-state index contributed by atoms with van der Waals surface area (Å²) in [5, 5.41) is 5.67. The highest BCUT2D eigenvalue weighted by atomic mass is 79.9. The highest BCUT2D eigenvalue weighted by Gasteiger charge is 2.24. The van der Waals surface area contributed by atoms with Crippen molar-refractivity contribution in [2.45, 2.75) is 46.1 Å². The van der Waals surface area contributed by atoms with E-state index in [2.05, 4.69) is 33.0 Å². The van der Waals surface area contributed by atoms with E-state index in [0.717, 1.165) is 48.1 Å². The number of alkyl halides is 1. The molecule has 1 unspecified atom stereocenters. The molecule has 0 spiro atoms. The average Bonchev–Trinajstić information content (AvgIpc) is 3.19. The third kappa shape index (κ3) is 5.64. The molecule has 0 amide bonds. The van der Waals surface area contributed by atoms with Gasteiger partial charge in [0.2, 0.25) is 0 Å². The normalized spacial score (nSPS) is 16.6. The number of allylic oxidation sites excluding steroid dienone is 4. The maximum Gasteiger partial charge on any atom is 0.258 e. The van der Waals surface area contributed by atoms with Crippen LogP contribution in [-0.4, -0.2) is 28.2 Å². The Morgan fingerprint density at radius 2 is 2.14 bits per heavy atom. The second kappa shape index (κ2) is 10.3. The van der Waals surface area contributed by atoms with Crippen molar-refractivity contribution in [2.24, 2.45) is 5.92 Å². The molecular formula is C22H26BrClN2O3. The smallest absolute Gasteiger partial charge is 0.258 e. The SMILES string of the molecule is CCC1CC(OCCCBr)=CC=C1c1noc(-c2ccc(OC(C)C)c(Cl)c2)n1. The van der Waals surface area contributed by atoms with E-state index in [1.54, 1.807) is 6.07 Å². The summed E-state index contributed by atoms with van der Waals surface area (Å²) in [6, 6.07) is 5.50. The van der Waals surface area contributed by atoms with Crippen molar-refractivity contribution in [3.63, 3.8) is 0 Å². The molecule has 0 radical (unpaired) electrons. The number of benzene rings is 1. The molecule has 1 heterocycles. The van der Waals surface area contributed by atoms with Gasteiger partial charge < -0.3 is 14.0 Å². The van der Waals surface area contributed by atoms with Crippen molar-refractivity contribution in [3.8, 4) is 17.2 Å². The predicted molar refractivity (Wildman–Crippen MR) is 119 cm³/mol. The largest absolute Gasteiger partial charge is 0.498 e. The zero-order chi connectivity index (χ0) is 20.8. The first kappa shape index (κ1) is 21.9. The standard InChI is InChI=1S/C22H26BrClN2O3/c1-4-15-12-17(27-11-5-10-23)7-8-18(15)21-25-22(29-26-21)16-6-9-20(19(24)13-16)28-14(2)3/h6-9,13-15H,4-5,10-12H2,1-3H3. The van der Waals surface area contributed by atoms with E-state index in [0.29, 0.717) is 28.4 Å². The summed E-state index contributed by atoms with van der Waals surface area (Å²) in [5.74, 6) is 3.01. The molecule has 5 nitrogen and oxygen atoms in total. The molecule has 0 saturated carbocycles. The summed E-state index contributed by atoms with van der Waals surface area (Å²) < 4.78 is 17.1. The predicted octanol–water partition coefficient (Wildman–Crippen LogP) is 6.68. The Morgan fingerprint density at radius 3 is 2.83 bits per heavy atom. The van der Waals surface area contributed by atoms with Crippen molar-refractivity contribution < 1.29 is 14.0 Å². The zero-order valence-corrected chi connectivity index (χ0v) is 19.3. The van der Waals surface area contributed by atoms with Crippen LogP contribution in [0.3, 0.4) is 0 Å². The van der Waals surface area contributed by atoms with Crippen molar-refractivity contribution >= 4 is 33.1 Å². The van der Waals surface area contributed by atoms with Crippen LogP contribution in [0.4, 0.5) is 0 Å². The highest BCUT2D eigenvalue weighted by molar-refractivity contribution is 9.09. The summed E-state index contributed by atoms with van der Waals surface area (Å²) in [4.78, 5) is 4.61. The maximum absolute atomic E-state index is 6.34. The zero-order valence-electron chi connectivity index (χ0n) is 17.0. The van der Waals surface area contributed by atoms with Gasteiger partial charge >= 0.3 is 0 Å². The van der Waals surface area contributed by atoms with Gasteiger partial charge in [-0.15, -0.1) is 0 Å². The molecule has 0 aliphatic heterocycles. The van der Waals surface area contributed by atoms with Gasteiger partial charge in [-0.05, 0) is 56.9 Å². The van der Waals surface area contributed by atoms with Crippen LogP contribution in [0, 0.1) is 5.92 Å². The van der Waals surface area contributed by atoms with Gasteiger partial charge in [-0.2, -0.15) is 4.98 Å². The van der Waals surface area contributed by atoms with Crippen LogP contribution in [0.15, 0.2) is 40.6 Å². The Bertz CT molecular complexity index is 892. The van der Waals surface area contributed by atoms with Gasteiger partial charge in [0.1, 0.15) is 5.75 Å². The minimum atomic E-state index is 0.0546. The molecular weight excluding hydrogens is 456 g/mol. The van der Waals surface area contributed by atoms with Crippen LogP contribution in [0.25, 0.3) is 17.0 Å². The molecule has 0 N–H and O–H groups in total. The van der Waals surface area contributed by atoms with Crippen molar-refractivity contribution in [2.75, 3.05) is 11.9 Å². The fourth-order valence-corrected chi connectivity index (χ4v) is 3.62. The molecule has 0 fully saturated rings. The van der Waals surface area contributed by atoms with E-state index in [1.807, 2.05) is 38.1 Å². The van der Waals surface area contributed by atoms with Crippen molar-refractivity contribution in [3.05, 3.63) is 47.0 Å². The van der Waals surface area contributed by atoms with E-state index in [-0.39, 0.29) is 6.10 Å². The van der Waals surface area contributed by atoms with Gasteiger partial charge in [0.15, 0.2) is 5.82 Å². The summed E-state index contributed by atoms with van der Waals surface area (Å²) >= 11 is 9.77. The van der Waals surface area contributed by atoms with Crippen LogP contribution < -0.4 is 4.74 Å². The van der Waals surface area contributed by atoms with E-state index in [9.17, 15) is 0 Å². The fourth-order valence-electron chi connectivity index (χ4n) is 3.17. The Balaban J connectivity index is 1.79. The van der Waals surface area contributed by atoms with E-state index in [1.165, 1.54) is 0 Å². The van der Waals surface area contributed by atoms with Gasteiger partial charge in [-0.3, -0.25) is 0 Å². The van der Waals surface area contributed by atoms with Crippen LogP contribution in [-0.2, 0) is 4.74 Å². The lowest BCUT2D eigenvalue weighted by Gasteiger charge is -2.22. The first-order valence-corrected chi connectivity index (χ1v) is 11.4. The fraction of sp³-hybridized carbons (Fsp3) is 0.455. The molecule has 1 aromatic heterocycles. The summed E-state index contributed by atoms with van der Waals surface area (Å²) in [7, 11) is 0.